The van der Waals surface area contributed by atoms with Crippen molar-refractivity contribution in [2.75, 3.05) is 14.1 Å². The Hall–Kier alpha value is -2.55. The Morgan fingerprint density at radius 1 is 1.04 bits per heavy atom. The molecule has 1 heterocycles. The summed E-state index contributed by atoms with van der Waals surface area (Å²) in [5.41, 5.74) is 5.77. The summed E-state index contributed by atoms with van der Waals surface area (Å²) in [6.45, 7) is 2.09. The second-order valence-corrected chi connectivity index (χ2v) is 6.23. The van der Waals surface area contributed by atoms with Gasteiger partial charge in [-0.2, -0.15) is 0 Å². The number of nitrogens with zero attached hydrogens (tertiary/aromatic N) is 2. The van der Waals surface area contributed by atoms with E-state index in [1.165, 1.54) is 5.56 Å². The number of rotatable bonds is 3. The molecule has 0 spiro atoms. The summed E-state index contributed by atoms with van der Waals surface area (Å²) >= 11 is 0. The second-order valence-electron chi connectivity index (χ2n) is 6.23. The monoisotopic (exact) mass is 306 g/mol. The number of fused-ring (bicyclic) bond motifs is 1. The number of benzene rings is 2. The topological polar surface area (TPSA) is 25.2 Å². The molecular weight excluding hydrogens is 284 g/mol. The molecule has 118 valence electrons. The lowest BCUT2D eigenvalue weighted by molar-refractivity contribution is -0.127. The first-order chi connectivity index (χ1) is 11.0. The summed E-state index contributed by atoms with van der Waals surface area (Å²) in [5, 5.41) is 1.15. The molecule has 3 aromatic rings. The molecule has 2 aromatic carbocycles. The number of para-hydroxylation sites is 1. The van der Waals surface area contributed by atoms with Gasteiger partial charge in [-0.1, -0.05) is 48.0 Å². The fraction of sp³-hybridized carbons (Fsp3) is 0.250. The van der Waals surface area contributed by atoms with Crippen LogP contribution in [0.25, 0.3) is 22.2 Å². The van der Waals surface area contributed by atoms with Gasteiger partial charge in [-0.3, -0.25) is 4.79 Å². The molecule has 1 aromatic heterocycles. The van der Waals surface area contributed by atoms with Gasteiger partial charge in [0.05, 0.1) is 12.1 Å². The van der Waals surface area contributed by atoms with Gasteiger partial charge in [0, 0.05) is 32.0 Å². The van der Waals surface area contributed by atoms with E-state index < -0.39 is 0 Å². The number of hydrogen-bond acceptors (Lipinski definition) is 1. The smallest absolute Gasteiger partial charge is 0.226 e. The van der Waals surface area contributed by atoms with E-state index in [1.807, 2.05) is 12.1 Å². The maximum Gasteiger partial charge on any atom is 0.226 e. The van der Waals surface area contributed by atoms with Gasteiger partial charge in [0.25, 0.3) is 0 Å². The molecule has 3 heteroatoms. The molecule has 0 unspecified atom stereocenters. The van der Waals surface area contributed by atoms with Gasteiger partial charge in [0.1, 0.15) is 0 Å². The quantitative estimate of drug-likeness (QED) is 0.723. The molecule has 23 heavy (non-hydrogen) atoms. The van der Waals surface area contributed by atoms with Crippen LogP contribution in [0.1, 0.15) is 11.1 Å². The van der Waals surface area contributed by atoms with Gasteiger partial charge in [-0.25, -0.2) is 0 Å². The van der Waals surface area contributed by atoms with E-state index >= 15 is 0 Å². The Labute approximate surface area is 137 Å². The number of aromatic nitrogens is 1. The molecule has 0 saturated carbocycles. The van der Waals surface area contributed by atoms with Crippen LogP contribution in [-0.2, 0) is 18.3 Å². The maximum atomic E-state index is 12.3. The minimum atomic E-state index is 0.120. The molecule has 0 bridgehead atoms. The first-order valence-electron chi connectivity index (χ1n) is 7.82. The van der Waals surface area contributed by atoms with Gasteiger partial charge in [0.15, 0.2) is 0 Å². The van der Waals surface area contributed by atoms with Crippen molar-refractivity contribution < 1.29 is 4.79 Å². The summed E-state index contributed by atoms with van der Waals surface area (Å²) < 4.78 is 2.19. The van der Waals surface area contributed by atoms with E-state index in [2.05, 4.69) is 54.9 Å². The van der Waals surface area contributed by atoms with E-state index in [0.717, 1.165) is 27.7 Å². The number of amides is 1. The average molecular weight is 306 g/mol. The van der Waals surface area contributed by atoms with Crippen LogP contribution in [0.3, 0.4) is 0 Å². The second kappa shape index (κ2) is 5.92. The Kier molecular flexibility index (Phi) is 3.95. The largest absolute Gasteiger partial charge is 0.349 e. The van der Waals surface area contributed by atoms with Crippen LogP contribution in [0.5, 0.6) is 0 Å². The van der Waals surface area contributed by atoms with Crippen molar-refractivity contribution in [3.63, 3.8) is 0 Å². The molecule has 0 saturated heterocycles. The predicted octanol–water partition coefficient (Wildman–Crippen LogP) is 3.78. The summed E-state index contributed by atoms with van der Waals surface area (Å²) in [4.78, 5) is 14.0. The zero-order valence-corrected chi connectivity index (χ0v) is 14.1. The van der Waals surface area contributed by atoms with Gasteiger partial charge in [-0.05, 0) is 24.1 Å². The lowest BCUT2D eigenvalue weighted by atomic mass is 10.0. The number of carbonyl (C=O) groups is 1. The van der Waals surface area contributed by atoms with Crippen LogP contribution >= 0.6 is 0 Å². The molecule has 0 aliphatic rings. The first kappa shape index (κ1) is 15.3. The highest BCUT2D eigenvalue weighted by atomic mass is 16.2. The van der Waals surface area contributed by atoms with Crippen molar-refractivity contribution in [1.29, 1.82) is 0 Å². The normalized spacial score (nSPS) is 11.0. The molecule has 0 fully saturated rings. The van der Waals surface area contributed by atoms with Crippen LogP contribution in [0.4, 0.5) is 0 Å². The van der Waals surface area contributed by atoms with Crippen molar-refractivity contribution in [2.24, 2.45) is 7.05 Å². The van der Waals surface area contributed by atoms with Gasteiger partial charge in [-0.15, -0.1) is 0 Å². The Balaban J connectivity index is 2.24. The molecule has 3 rings (SSSR count). The van der Waals surface area contributed by atoms with Crippen LogP contribution in [-0.4, -0.2) is 29.5 Å². The van der Waals surface area contributed by atoms with E-state index in [4.69, 9.17) is 0 Å². The van der Waals surface area contributed by atoms with Crippen LogP contribution < -0.4 is 0 Å². The minimum Gasteiger partial charge on any atom is -0.349 e. The van der Waals surface area contributed by atoms with E-state index in [9.17, 15) is 4.79 Å². The van der Waals surface area contributed by atoms with Crippen molar-refractivity contribution in [3.05, 3.63) is 59.7 Å². The van der Waals surface area contributed by atoms with Gasteiger partial charge in [0.2, 0.25) is 5.91 Å². The summed E-state index contributed by atoms with van der Waals surface area (Å²) in [6, 6.07) is 16.8. The Morgan fingerprint density at radius 3 is 2.35 bits per heavy atom. The van der Waals surface area contributed by atoms with Gasteiger partial charge < -0.3 is 9.47 Å². The first-order valence-corrected chi connectivity index (χ1v) is 7.82. The predicted molar refractivity (Wildman–Crippen MR) is 95.5 cm³/mol. The molecule has 0 aliphatic heterocycles. The molecule has 0 aliphatic carbocycles. The average Bonchev–Trinajstić information content (AvgIpc) is 2.81. The zero-order chi connectivity index (χ0) is 16.6. The third-order valence-corrected chi connectivity index (χ3v) is 4.36. The molecular formula is C20H22N2O. The number of carbonyl (C=O) groups excluding carboxylic acids is 1. The Morgan fingerprint density at radius 2 is 1.70 bits per heavy atom. The summed E-state index contributed by atoms with van der Waals surface area (Å²) in [6.07, 6.45) is 0.414. The number of hydrogen-bond donors (Lipinski definition) is 0. The van der Waals surface area contributed by atoms with E-state index in [1.54, 1.807) is 19.0 Å². The van der Waals surface area contributed by atoms with Crippen molar-refractivity contribution in [3.8, 4) is 11.3 Å². The SMILES string of the molecule is Cc1ccc(-c2c(CC(=O)N(C)C)c3ccccc3n2C)cc1. The Bertz CT molecular complexity index is 857. The van der Waals surface area contributed by atoms with Crippen molar-refractivity contribution >= 4 is 16.8 Å². The highest BCUT2D eigenvalue weighted by Crippen LogP contribution is 2.33. The van der Waals surface area contributed by atoms with Crippen molar-refractivity contribution in [2.45, 2.75) is 13.3 Å². The van der Waals surface area contributed by atoms with E-state index in [-0.39, 0.29) is 5.91 Å². The third kappa shape index (κ3) is 2.74. The third-order valence-electron chi connectivity index (χ3n) is 4.36. The fourth-order valence-electron chi connectivity index (χ4n) is 3.04. The fourth-order valence-corrected chi connectivity index (χ4v) is 3.04. The molecule has 0 radical (unpaired) electrons. The molecule has 0 N–H and O–H groups in total. The zero-order valence-electron chi connectivity index (χ0n) is 14.1. The summed E-state index contributed by atoms with van der Waals surface area (Å²) in [5.74, 6) is 0.120. The molecule has 1 amide bonds. The lowest BCUT2D eigenvalue weighted by Gasteiger charge is -2.12. The highest BCUT2D eigenvalue weighted by Gasteiger charge is 2.19. The number of aryl methyl sites for hydroxylation is 2. The summed E-state index contributed by atoms with van der Waals surface area (Å²) in [7, 11) is 5.68. The highest BCUT2D eigenvalue weighted by molar-refractivity contribution is 5.95. The van der Waals surface area contributed by atoms with Crippen LogP contribution in [0.15, 0.2) is 48.5 Å². The minimum absolute atomic E-state index is 0.120. The van der Waals surface area contributed by atoms with Crippen LogP contribution in [0, 0.1) is 6.92 Å². The lowest BCUT2D eigenvalue weighted by Crippen LogP contribution is -2.23. The van der Waals surface area contributed by atoms with Crippen LogP contribution in [0.2, 0.25) is 0 Å². The van der Waals surface area contributed by atoms with E-state index in [0.29, 0.717) is 6.42 Å². The molecule has 0 atom stereocenters. The van der Waals surface area contributed by atoms with Crippen molar-refractivity contribution in [1.82, 2.24) is 9.47 Å². The number of likely N-dealkylation sites (N-methyl/N-ethyl adjacent to an activating group) is 1. The maximum absolute atomic E-state index is 12.3. The van der Waals surface area contributed by atoms with Gasteiger partial charge >= 0.3 is 0 Å². The standard InChI is InChI=1S/C20H22N2O/c1-14-9-11-15(12-10-14)20-17(13-19(23)21(2)3)16-7-5-6-8-18(16)22(20)4/h5-12H,13H2,1-4H3. The molecule has 3 nitrogen and oxygen atoms in total.